The molecule has 0 bridgehead atoms. The fourth-order valence-electron chi connectivity index (χ4n) is 1.80. The molecule has 4 nitrogen and oxygen atoms in total. The second-order valence-corrected chi connectivity index (χ2v) is 4.65. The molecule has 110 valence electrons. The monoisotopic (exact) mass is 285 g/mol. The summed E-state index contributed by atoms with van der Waals surface area (Å²) in [5.41, 5.74) is 2.97. The van der Waals surface area contributed by atoms with Crippen LogP contribution in [0.5, 0.6) is 5.75 Å². The van der Waals surface area contributed by atoms with Crippen LogP contribution in [0.1, 0.15) is 18.1 Å². The highest BCUT2D eigenvalue weighted by molar-refractivity contribution is 5.84. The van der Waals surface area contributed by atoms with Gasteiger partial charge >= 0.3 is 6.09 Å². The van der Waals surface area contributed by atoms with Crippen LogP contribution in [-0.4, -0.2) is 12.7 Å². The molecule has 0 aliphatic rings. The van der Waals surface area contributed by atoms with Gasteiger partial charge in [-0.1, -0.05) is 35.9 Å². The van der Waals surface area contributed by atoms with E-state index in [0.717, 1.165) is 5.56 Å². The lowest BCUT2D eigenvalue weighted by atomic mass is 10.2. The summed E-state index contributed by atoms with van der Waals surface area (Å²) in [4.78, 5) is 11.4. The second kappa shape index (κ2) is 7.33. The predicted molar refractivity (Wildman–Crippen MR) is 82.6 cm³/mol. The van der Waals surface area contributed by atoms with Crippen molar-refractivity contribution in [2.45, 2.75) is 20.5 Å². The molecular formula is C17H19NO3. The SMILES string of the molecule is CCOC(=O)Nc1cccc(OCc2ccc(C)cc2)c1. The van der Waals surface area contributed by atoms with Gasteiger partial charge in [-0.25, -0.2) is 4.79 Å². The van der Waals surface area contributed by atoms with Gasteiger partial charge in [0.25, 0.3) is 0 Å². The molecule has 0 unspecified atom stereocenters. The highest BCUT2D eigenvalue weighted by Gasteiger charge is 2.03. The third kappa shape index (κ3) is 4.84. The van der Waals surface area contributed by atoms with E-state index in [-0.39, 0.29) is 0 Å². The first-order valence-corrected chi connectivity index (χ1v) is 6.89. The highest BCUT2D eigenvalue weighted by Crippen LogP contribution is 2.19. The van der Waals surface area contributed by atoms with E-state index in [0.29, 0.717) is 24.7 Å². The fraction of sp³-hybridized carbons (Fsp3) is 0.235. The molecule has 0 fully saturated rings. The van der Waals surface area contributed by atoms with E-state index in [4.69, 9.17) is 9.47 Å². The zero-order valence-corrected chi connectivity index (χ0v) is 12.3. The van der Waals surface area contributed by atoms with Gasteiger partial charge in [0.1, 0.15) is 12.4 Å². The minimum absolute atomic E-state index is 0.343. The Labute approximate surface area is 124 Å². The van der Waals surface area contributed by atoms with Crippen LogP contribution in [0, 0.1) is 6.92 Å². The Kier molecular flexibility index (Phi) is 5.21. The van der Waals surface area contributed by atoms with Crippen LogP contribution in [0.2, 0.25) is 0 Å². The van der Waals surface area contributed by atoms with E-state index in [1.165, 1.54) is 5.56 Å². The zero-order valence-electron chi connectivity index (χ0n) is 12.3. The third-order valence-corrected chi connectivity index (χ3v) is 2.88. The van der Waals surface area contributed by atoms with Crippen LogP contribution in [0.15, 0.2) is 48.5 Å². The van der Waals surface area contributed by atoms with E-state index in [1.54, 1.807) is 19.1 Å². The molecule has 4 heteroatoms. The van der Waals surface area contributed by atoms with Crippen LogP contribution in [0.25, 0.3) is 0 Å². The topological polar surface area (TPSA) is 47.6 Å². The van der Waals surface area contributed by atoms with Crippen molar-refractivity contribution in [3.63, 3.8) is 0 Å². The van der Waals surface area contributed by atoms with Gasteiger partial charge in [-0.05, 0) is 31.5 Å². The average molecular weight is 285 g/mol. The molecule has 0 heterocycles. The van der Waals surface area contributed by atoms with Gasteiger partial charge in [-0.15, -0.1) is 0 Å². The first-order chi connectivity index (χ1) is 10.2. The zero-order chi connectivity index (χ0) is 15.1. The number of anilines is 1. The quantitative estimate of drug-likeness (QED) is 0.898. The summed E-state index contributed by atoms with van der Waals surface area (Å²) in [5, 5.41) is 2.65. The van der Waals surface area contributed by atoms with Crippen molar-refractivity contribution in [1.29, 1.82) is 0 Å². The van der Waals surface area contributed by atoms with Crippen molar-refractivity contribution < 1.29 is 14.3 Å². The van der Waals surface area contributed by atoms with Gasteiger partial charge < -0.3 is 9.47 Å². The molecule has 0 saturated heterocycles. The van der Waals surface area contributed by atoms with Gasteiger partial charge in [-0.3, -0.25) is 5.32 Å². The van der Waals surface area contributed by atoms with Crippen molar-refractivity contribution in [3.05, 3.63) is 59.7 Å². The van der Waals surface area contributed by atoms with Gasteiger partial charge in [0.05, 0.1) is 6.61 Å². The number of hydrogen-bond acceptors (Lipinski definition) is 3. The largest absolute Gasteiger partial charge is 0.489 e. The Hall–Kier alpha value is -2.49. The van der Waals surface area contributed by atoms with Gasteiger partial charge in [0.15, 0.2) is 0 Å². The smallest absolute Gasteiger partial charge is 0.411 e. The third-order valence-electron chi connectivity index (χ3n) is 2.88. The number of nitrogens with one attached hydrogen (secondary N) is 1. The summed E-state index contributed by atoms with van der Waals surface area (Å²) < 4.78 is 10.6. The normalized spacial score (nSPS) is 10.0. The Bertz CT molecular complexity index is 593. The molecule has 1 N–H and O–H groups in total. The molecule has 2 aromatic rings. The lowest BCUT2D eigenvalue weighted by Crippen LogP contribution is -2.13. The maximum atomic E-state index is 11.4. The second-order valence-electron chi connectivity index (χ2n) is 4.65. The van der Waals surface area contributed by atoms with E-state index in [9.17, 15) is 4.79 Å². The molecule has 0 atom stereocenters. The number of carbonyl (C=O) groups is 1. The lowest BCUT2D eigenvalue weighted by molar-refractivity contribution is 0.168. The van der Waals surface area contributed by atoms with Crippen LogP contribution in [0.4, 0.5) is 10.5 Å². The molecule has 0 aromatic heterocycles. The first-order valence-electron chi connectivity index (χ1n) is 6.89. The van der Waals surface area contributed by atoms with Gasteiger partial charge in [-0.2, -0.15) is 0 Å². The number of ether oxygens (including phenoxy) is 2. The van der Waals surface area contributed by atoms with Crippen molar-refractivity contribution >= 4 is 11.8 Å². The molecule has 1 amide bonds. The molecule has 0 aliphatic heterocycles. The van der Waals surface area contributed by atoms with Crippen LogP contribution < -0.4 is 10.1 Å². The number of carbonyl (C=O) groups excluding carboxylic acids is 1. The van der Waals surface area contributed by atoms with E-state index in [1.807, 2.05) is 24.3 Å². The van der Waals surface area contributed by atoms with Crippen molar-refractivity contribution in [2.75, 3.05) is 11.9 Å². The molecular weight excluding hydrogens is 266 g/mol. The molecule has 21 heavy (non-hydrogen) atoms. The van der Waals surface area contributed by atoms with E-state index in [2.05, 4.69) is 24.4 Å². The summed E-state index contributed by atoms with van der Waals surface area (Å²) in [6.45, 7) is 4.65. The molecule has 2 aromatic carbocycles. The van der Waals surface area contributed by atoms with Crippen molar-refractivity contribution in [1.82, 2.24) is 0 Å². The van der Waals surface area contributed by atoms with Crippen LogP contribution in [0.3, 0.4) is 0 Å². The Morgan fingerprint density at radius 3 is 2.62 bits per heavy atom. The van der Waals surface area contributed by atoms with Crippen LogP contribution in [-0.2, 0) is 11.3 Å². The number of amides is 1. The number of hydrogen-bond donors (Lipinski definition) is 1. The standard InChI is InChI=1S/C17H19NO3/c1-3-20-17(19)18-15-5-4-6-16(11-15)21-12-14-9-7-13(2)8-10-14/h4-11H,3,12H2,1-2H3,(H,18,19). The molecule has 0 aliphatic carbocycles. The Morgan fingerprint density at radius 1 is 1.14 bits per heavy atom. The average Bonchev–Trinajstić information content (AvgIpc) is 2.47. The predicted octanol–water partition coefficient (Wildman–Crippen LogP) is 4.14. The van der Waals surface area contributed by atoms with Gasteiger partial charge in [0, 0.05) is 11.8 Å². The molecule has 0 saturated carbocycles. The summed E-state index contributed by atoms with van der Waals surface area (Å²) in [6, 6.07) is 15.4. The molecule has 2 rings (SSSR count). The molecule has 0 radical (unpaired) electrons. The van der Waals surface area contributed by atoms with Crippen molar-refractivity contribution in [2.24, 2.45) is 0 Å². The summed E-state index contributed by atoms with van der Waals surface area (Å²) in [6.07, 6.45) is -0.465. The van der Waals surface area contributed by atoms with E-state index < -0.39 is 6.09 Å². The number of aryl methyl sites for hydroxylation is 1. The summed E-state index contributed by atoms with van der Waals surface area (Å²) in [5.74, 6) is 0.699. The first kappa shape index (κ1) is 14.9. The Balaban J connectivity index is 1.94. The molecule has 0 spiro atoms. The summed E-state index contributed by atoms with van der Waals surface area (Å²) in [7, 11) is 0. The maximum Gasteiger partial charge on any atom is 0.411 e. The van der Waals surface area contributed by atoms with Crippen LogP contribution >= 0.6 is 0 Å². The lowest BCUT2D eigenvalue weighted by Gasteiger charge is -2.09. The summed E-state index contributed by atoms with van der Waals surface area (Å²) >= 11 is 0. The number of rotatable bonds is 5. The maximum absolute atomic E-state index is 11.4. The fourth-order valence-corrected chi connectivity index (χ4v) is 1.80. The minimum Gasteiger partial charge on any atom is -0.489 e. The minimum atomic E-state index is -0.465. The Morgan fingerprint density at radius 2 is 1.90 bits per heavy atom. The number of benzene rings is 2. The van der Waals surface area contributed by atoms with Gasteiger partial charge in [0.2, 0.25) is 0 Å². The highest BCUT2D eigenvalue weighted by atomic mass is 16.5. The van der Waals surface area contributed by atoms with Crippen molar-refractivity contribution in [3.8, 4) is 5.75 Å². The van der Waals surface area contributed by atoms with E-state index >= 15 is 0 Å².